The van der Waals surface area contributed by atoms with Crippen LogP contribution in [0.25, 0.3) is 0 Å². The van der Waals surface area contributed by atoms with E-state index in [1.807, 2.05) is 11.9 Å². The van der Waals surface area contributed by atoms with E-state index in [1.165, 1.54) is 16.7 Å². The number of nitrogens with one attached hydrogen (secondary N) is 1. The van der Waals surface area contributed by atoms with Crippen LogP contribution >= 0.6 is 0 Å². The smallest absolute Gasteiger partial charge is 0.240 e. The maximum Gasteiger partial charge on any atom is 0.240 e. The number of likely N-dealkylation sites (N-methyl/N-ethyl adjacent to an activating group) is 1. The van der Waals surface area contributed by atoms with E-state index in [9.17, 15) is 10.1 Å². The first kappa shape index (κ1) is 17.8. The number of aryl methyl sites for hydroxylation is 3. The van der Waals surface area contributed by atoms with E-state index in [4.69, 9.17) is 4.42 Å². The molecule has 0 bridgehead atoms. The summed E-state index contributed by atoms with van der Waals surface area (Å²) >= 11 is 0. The first-order valence-corrected chi connectivity index (χ1v) is 7.86. The molecule has 0 saturated heterocycles. The Balaban J connectivity index is 1.99. The number of carbonyl (C=O) groups excluding carboxylic acids is 1. The van der Waals surface area contributed by atoms with Gasteiger partial charge in [-0.1, -0.05) is 23.8 Å². The number of benzene rings is 1. The number of nitrogens with zero attached hydrogens (tertiary/aromatic N) is 2. The van der Waals surface area contributed by atoms with Gasteiger partial charge in [-0.15, -0.1) is 0 Å². The van der Waals surface area contributed by atoms with Crippen molar-refractivity contribution in [3.8, 4) is 6.07 Å². The van der Waals surface area contributed by atoms with Crippen molar-refractivity contribution >= 4 is 11.8 Å². The normalized spacial score (nSPS) is 10.7. The molecule has 5 heteroatoms. The highest BCUT2D eigenvalue weighted by Gasteiger charge is 2.17. The Hall–Kier alpha value is -2.58. The second kappa shape index (κ2) is 7.33. The van der Waals surface area contributed by atoms with Gasteiger partial charge in [0.05, 0.1) is 6.54 Å². The second-order valence-electron chi connectivity index (χ2n) is 6.25. The van der Waals surface area contributed by atoms with Crippen molar-refractivity contribution in [3.63, 3.8) is 0 Å². The van der Waals surface area contributed by atoms with E-state index < -0.39 is 0 Å². The fourth-order valence-electron chi connectivity index (χ4n) is 2.63. The van der Waals surface area contributed by atoms with Crippen LogP contribution in [0.1, 0.15) is 33.6 Å². The van der Waals surface area contributed by atoms with Crippen molar-refractivity contribution < 1.29 is 9.21 Å². The average molecular weight is 325 g/mol. The van der Waals surface area contributed by atoms with Crippen molar-refractivity contribution in [3.05, 3.63) is 51.8 Å². The van der Waals surface area contributed by atoms with Gasteiger partial charge < -0.3 is 4.42 Å². The molecular formula is C19H23N3O2. The number of furan rings is 1. The topological polar surface area (TPSA) is 69.3 Å². The highest BCUT2D eigenvalue weighted by Crippen LogP contribution is 2.25. The summed E-state index contributed by atoms with van der Waals surface area (Å²) in [7, 11) is 1.89. The Morgan fingerprint density at radius 1 is 1.29 bits per heavy atom. The molecule has 0 aliphatic heterocycles. The molecule has 1 aromatic carbocycles. The molecule has 0 atom stereocenters. The third-order valence-electron chi connectivity index (χ3n) is 4.10. The minimum Gasteiger partial charge on any atom is -0.444 e. The van der Waals surface area contributed by atoms with E-state index in [1.54, 1.807) is 13.8 Å². The zero-order valence-corrected chi connectivity index (χ0v) is 14.9. The maximum atomic E-state index is 12.2. The van der Waals surface area contributed by atoms with E-state index in [0.29, 0.717) is 17.9 Å². The number of hydrogen-bond donors (Lipinski definition) is 1. The van der Waals surface area contributed by atoms with Gasteiger partial charge in [0.2, 0.25) is 11.8 Å². The predicted molar refractivity (Wildman–Crippen MR) is 93.8 cm³/mol. The lowest BCUT2D eigenvalue weighted by Gasteiger charge is -2.17. The molecule has 24 heavy (non-hydrogen) atoms. The molecule has 0 aliphatic carbocycles. The molecule has 2 aromatic rings. The van der Waals surface area contributed by atoms with Crippen molar-refractivity contribution in [1.29, 1.82) is 5.26 Å². The van der Waals surface area contributed by atoms with Crippen molar-refractivity contribution in [2.45, 2.75) is 34.2 Å². The van der Waals surface area contributed by atoms with Crippen molar-refractivity contribution in [2.75, 3.05) is 18.9 Å². The third kappa shape index (κ3) is 4.03. The van der Waals surface area contributed by atoms with Gasteiger partial charge in [0.1, 0.15) is 17.4 Å². The van der Waals surface area contributed by atoms with Crippen LogP contribution in [0, 0.1) is 39.0 Å². The van der Waals surface area contributed by atoms with Gasteiger partial charge in [0.25, 0.3) is 0 Å². The maximum absolute atomic E-state index is 12.2. The highest BCUT2D eigenvalue weighted by atomic mass is 16.4. The van der Waals surface area contributed by atoms with Gasteiger partial charge in [-0.2, -0.15) is 5.26 Å². The summed E-state index contributed by atoms with van der Waals surface area (Å²) in [4.78, 5) is 14.2. The summed E-state index contributed by atoms with van der Waals surface area (Å²) < 4.78 is 5.47. The fourth-order valence-corrected chi connectivity index (χ4v) is 2.63. The summed E-state index contributed by atoms with van der Waals surface area (Å²) in [6.07, 6.45) is 0. The summed E-state index contributed by atoms with van der Waals surface area (Å²) in [5.74, 6) is 0.676. The van der Waals surface area contributed by atoms with Gasteiger partial charge >= 0.3 is 0 Å². The van der Waals surface area contributed by atoms with Gasteiger partial charge in [-0.3, -0.25) is 15.0 Å². The molecule has 1 aromatic heterocycles. The van der Waals surface area contributed by atoms with Crippen LogP contribution in [0.3, 0.4) is 0 Å². The molecule has 2 rings (SSSR count). The molecule has 0 aliphatic rings. The lowest BCUT2D eigenvalue weighted by molar-refractivity contribution is -0.117. The van der Waals surface area contributed by atoms with Crippen LogP contribution in [0.4, 0.5) is 5.88 Å². The van der Waals surface area contributed by atoms with Crippen LogP contribution in [-0.4, -0.2) is 24.4 Å². The van der Waals surface area contributed by atoms with E-state index in [2.05, 4.69) is 43.4 Å². The van der Waals surface area contributed by atoms with Crippen LogP contribution in [0.15, 0.2) is 22.6 Å². The Bertz CT molecular complexity index is 800. The van der Waals surface area contributed by atoms with E-state index >= 15 is 0 Å². The number of amides is 1. The first-order chi connectivity index (χ1) is 11.3. The SMILES string of the molecule is Cc1ccc(CN(C)CC(=O)Nc2oc(C)c(C)c2C#N)c(C)c1. The van der Waals surface area contributed by atoms with Crippen molar-refractivity contribution in [1.82, 2.24) is 4.90 Å². The van der Waals surface area contributed by atoms with E-state index in [0.717, 1.165) is 5.56 Å². The lowest BCUT2D eigenvalue weighted by Crippen LogP contribution is -2.30. The van der Waals surface area contributed by atoms with Gasteiger partial charge in [-0.05, 0) is 45.9 Å². The average Bonchev–Trinajstić information content (AvgIpc) is 2.76. The zero-order valence-electron chi connectivity index (χ0n) is 14.9. The molecule has 0 radical (unpaired) electrons. The molecular weight excluding hydrogens is 302 g/mol. The molecule has 5 nitrogen and oxygen atoms in total. The monoisotopic (exact) mass is 325 g/mol. The predicted octanol–water partition coefficient (Wildman–Crippen LogP) is 3.46. The number of rotatable bonds is 5. The standard InChI is InChI=1S/C19H23N3O2/c1-12-6-7-16(13(2)8-12)10-22(5)11-18(23)21-19-17(9-20)14(3)15(4)24-19/h6-8H,10-11H2,1-5H3,(H,21,23). The molecule has 1 N–H and O–H groups in total. The van der Waals surface area contributed by atoms with E-state index in [-0.39, 0.29) is 18.3 Å². The number of nitriles is 1. The van der Waals surface area contributed by atoms with Gasteiger partial charge in [0.15, 0.2) is 0 Å². The minimum absolute atomic E-state index is 0.201. The highest BCUT2D eigenvalue weighted by molar-refractivity contribution is 5.92. The van der Waals surface area contributed by atoms with Crippen LogP contribution < -0.4 is 5.32 Å². The first-order valence-electron chi connectivity index (χ1n) is 7.86. The summed E-state index contributed by atoms with van der Waals surface area (Å²) in [5, 5.41) is 11.9. The van der Waals surface area contributed by atoms with Crippen LogP contribution in [0.5, 0.6) is 0 Å². The van der Waals surface area contributed by atoms with Gasteiger partial charge in [-0.25, -0.2) is 0 Å². The number of hydrogen-bond acceptors (Lipinski definition) is 4. The summed E-state index contributed by atoms with van der Waals surface area (Å²) in [5.41, 5.74) is 4.78. The largest absolute Gasteiger partial charge is 0.444 e. The quantitative estimate of drug-likeness (QED) is 0.914. The Kier molecular flexibility index (Phi) is 5.42. The molecule has 0 unspecified atom stereocenters. The lowest BCUT2D eigenvalue weighted by atomic mass is 10.1. The Labute approximate surface area is 142 Å². The Morgan fingerprint density at radius 2 is 2.00 bits per heavy atom. The molecule has 0 saturated carbocycles. The van der Waals surface area contributed by atoms with Crippen LogP contribution in [-0.2, 0) is 11.3 Å². The van der Waals surface area contributed by atoms with Gasteiger partial charge in [0, 0.05) is 12.1 Å². The number of anilines is 1. The zero-order chi connectivity index (χ0) is 17.9. The molecule has 126 valence electrons. The minimum atomic E-state index is -0.201. The fraction of sp³-hybridized carbons (Fsp3) is 0.368. The number of carbonyl (C=O) groups is 1. The molecule has 1 amide bonds. The third-order valence-corrected chi connectivity index (χ3v) is 4.10. The Morgan fingerprint density at radius 3 is 2.62 bits per heavy atom. The summed E-state index contributed by atoms with van der Waals surface area (Å²) in [6.45, 7) is 8.62. The van der Waals surface area contributed by atoms with Crippen molar-refractivity contribution in [2.24, 2.45) is 0 Å². The molecule has 0 spiro atoms. The molecule has 1 heterocycles. The second-order valence-corrected chi connectivity index (χ2v) is 6.25. The van der Waals surface area contributed by atoms with Crippen LogP contribution in [0.2, 0.25) is 0 Å². The molecule has 0 fully saturated rings. The summed E-state index contributed by atoms with van der Waals surface area (Å²) in [6, 6.07) is 8.37.